The standard InChI is InChI=1S/C11H15NO3S2/c1-8-3-4-10(16-8)11(13)12(2)9-5-6-17(14,15)7-9/h3-4,9H,5-7H2,1-2H3. The first-order valence-electron chi connectivity index (χ1n) is 5.43. The fourth-order valence-corrected chi connectivity index (χ4v) is 4.59. The first-order chi connectivity index (χ1) is 7.89. The van der Waals surface area contributed by atoms with E-state index in [4.69, 9.17) is 0 Å². The highest BCUT2D eigenvalue weighted by molar-refractivity contribution is 7.91. The Morgan fingerprint density at radius 2 is 2.18 bits per heavy atom. The van der Waals surface area contributed by atoms with Crippen LogP contribution in [-0.2, 0) is 9.84 Å². The Morgan fingerprint density at radius 1 is 1.47 bits per heavy atom. The summed E-state index contributed by atoms with van der Waals surface area (Å²) >= 11 is 1.44. The van der Waals surface area contributed by atoms with Crippen LogP contribution in [0.15, 0.2) is 12.1 Å². The summed E-state index contributed by atoms with van der Waals surface area (Å²) in [5.74, 6) is 0.212. The van der Waals surface area contributed by atoms with Gasteiger partial charge in [-0.1, -0.05) is 0 Å². The molecule has 1 unspecified atom stereocenters. The molecule has 17 heavy (non-hydrogen) atoms. The van der Waals surface area contributed by atoms with Crippen molar-refractivity contribution in [1.82, 2.24) is 4.90 Å². The van der Waals surface area contributed by atoms with Gasteiger partial charge >= 0.3 is 0 Å². The summed E-state index contributed by atoms with van der Waals surface area (Å²) < 4.78 is 22.7. The van der Waals surface area contributed by atoms with Crippen molar-refractivity contribution in [2.24, 2.45) is 0 Å². The van der Waals surface area contributed by atoms with E-state index in [0.29, 0.717) is 11.3 Å². The van der Waals surface area contributed by atoms with Gasteiger partial charge in [0.15, 0.2) is 9.84 Å². The molecule has 1 aromatic rings. The summed E-state index contributed by atoms with van der Waals surface area (Å²) in [6.07, 6.45) is 0.551. The van der Waals surface area contributed by atoms with Gasteiger partial charge in [0, 0.05) is 18.0 Å². The van der Waals surface area contributed by atoms with Crippen molar-refractivity contribution in [3.63, 3.8) is 0 Å². The summed E-state index contributed by atoms with van der Waals surface area (Å²) in [4.78, 5) is 15.4. The molecule has 0 bridgehead atoms. The molecule has 0 saturated carbocycles. The van der Waals surface area contributed by atoms with Crippen LogP contribution >= 0.6 is 11.3 Å². The number of hydrogen-bond donors (Lipinski definition) is 0. The van der Waals surface area contributed by atoms with Gasteiger partial charge in [-0.2, -0.15) is 0 Å². The summed E-state index contributed by atoms with van der Waals surface area (Å²) in [7, 11) is -1.26. The quantitative estimate of drug-likeness (QED) is 0.816. The van der Waals surface area contributed by atoms with Crippen molar-refractivity contribution in [2.75, 3.05) is 18.6 Å². The maximum Gasteiger partial charge on any atom is 0.263 e. The van der Waals surface area contributed by atoms with E-state index < -0.39 is 9.84 Å². The van der Waals surface area contributed by atoms with E-state index >= 15 is 0 Å². The molecule has 0 aliphatic carbocycles. The molecule has 1 aromatic heterocycles. The van der Waals surface area contributed by atoms with Crippen LogP contribution in [0.2, 0.25) is 0 Å². The monoisotopic (exact) mass is 273 g/mol. The van der Waals surface area contributed by atoms with E-state index in [1.807, 2.05) is 13.0 Å². The Bertz CT molecular complexity index is 533. The van der Waals surface area contributed by atoms with E-state index in [-0.39, 0.29) is 23.5 Å². The van der Waals surface area contributed by atoms with Crippen LogP contribution < -0.4 is 0 Å². The summed E-state index contributed by atoms with van der Waals surface area (Å²) in [5.41, 5.74) is 0. The fraction of sp³-hybridized carbons (Fsp3) is 0.545. The normalized spacial score (nSPS) is 22.6. The van der Waals surface area contributed by atoms with E-state index in [9.17, 15) is 13.2 Å². The maximum atomic E-state index is 12.1. The van der Waals surface area contributed by atoms with Gasteiger partial charge in [-0.3, -0.25) is 4.79 Å². The average Bonchev–Trinajstić information content (AvgIpc) is 2.82. The lowest BCUT2D eigenvalue weighted by Crippen LogP contribution is -2.37. The number of thiophene rings is 1. The predicted molar refractivity (Wildman–Crippen MR) is 68.2 cm³/mol. The van der Waals surface area contributed by atoms with Crippen molar-refractivity contribution in [2.45, 2.75) is 19.4 Å². The van der Waals surface area contributed by atoms with E-state index in [2.05, 4.69) is 0 Å². The maximum absolute atomic E-state index is 12.1. The average molecular weight is 273 g/mol. The highest BCUT2D eigenvalue weighted by atomic mass is 32.2. The molecular formula is C11H15NO3S2. The van der Waals surface area contributed by atoms with Crippen molar-refractivity contribution in [1.29, 1.82) is 0 Å². The molecule has 1 fully saturated rings. The number of sulfone groups is 1. The number of aryl methyl sites for hydroxylation is 1. The molecular weight excluding hydrogens is 258 g/mol. The van der Waals surface area contributed by atoms with Gasteiger partial charge in [-0.05, 0) is 25.5 Å². The second-order valence-electron chi connectivity index (χ2n) is 4.38. The van der Waals surface area contributed by atoms with Crippen molar-refractivity contribution >= 4 is 27.1 Å². The third kappa shape index (κ3) is 2.69. The topological polar surface area (TPSA) is 54.5 Å². The predicted octanol–water partition coefficient (Wildman–Crippen LogP) is 1.32. The van der Waals surface area contributed by atoms with Crippen LogP contribution in [0.5, 0.6) is 0 Å². The van der Waals surface area contributed by atoms with Crippen LogP contribution in [0.4, 0.5) is 0 Å². The van der Waals surface area contributed by atoms with Gasteiger partial charge in [0.25, 0.3) is 5.91 Å². The fourth-order valence-electron chi connectivity index (χ4n) is 1.97. The zero-order chi connectivity index (χ0) is 12.6. The molecule has 2 rings (SSSR count). The molecule has 0 aromatic carbocycles. The molecule has 0 spiro atoms. The van der Waals surface area contributed by atoms with Gasteiger partial charge in [-0.25, -0.2) is 8.42 Å². The Hall–Kier alpha value is -0.880. The van der Waals surface area contributed by atoms with Crippen LogP contribution in [0.3, 0.4) is 0 Å². The van der Waals surface area contributed by atoms with Crippen LogP contribution in [0, 0.1) is 6.92 Å². The van der Waals surface area contributed by atoms with E-state index in [1.54, 1.807) is 18.0 Å². The van der Waals surface area contributed by atoms with Gasteiger partial charge in [0.1, 0.15) is 0 Å². The van der Waals surface area contributed by atoms with Gasteiger partial charge in [0.2, 0.25) is 0 Å². The summed E-state index contributed by atoms with van der Waals surface area (Å²) in [6, 6.07) is 3.52. The third-order valence-corrected chi connectivity index (χ3v) is 5.77. The number of carbonyl (C=O) groups is 1. The van der Waals surface area contributed by atoms with Crippen molar-refractivity contribution < 1.29 is 13.2 Å². The Labute approximate surface area is 105 Å². The van der Waals surface area contributed by atoms with Gasteiger partial charge in [-0.15, -0.1) is 11.3 Å². The largest absolute Gasteiger partial charge is 0.337 e. The van der Waals surface area contributed by atoms with E-state index in [0.717, 1.165) is 4.88 Å². The number of rotatable bonds is 2. The molecule has 94 valence electrons. The van der Waals surface area contributed by atoms with Crippen molar-refractivity contribution in [3.8, 4) is 0 Å². The lowest BCUT2D eigenvalue weighted by Gasteiger charge is -2.22. The van der Waals surface area contributed by atoms with Crippen LogP contribution in [0.25, 0.3) is 0 Å². The van der Waals surface area contributed by atoms with Crippen LogP contribution in [-0.4, -0.2) is 43.8 Å². The van der Waals surface area contributed by atoms with Crippen LogP contribution in [0.1, 0.15) is 21.0 Å². The molecule has 1 aliphatic heterocycles. The van der Waals surface area contributed by atoms with Gasteiger partial charge in [0.05, 0.1) is 16.4 Å². The van der Waals surface area contributed by atoms with Crippen molar-refractivity contribution in [3.05, 3.63) is 21.9 Å². The lowest BCUT2D eigenvalue weighted by atomic mass is 10.2. The Balaban J connectivity index is 2.11. The number of carbonyl (C=O) groups excluding carboxylic acids is 1. The molecule has 4 nitrogen and oxygen atoms in total. The zero-order valence-electron chi connectivity index (χ0n) is 9.84. The number of amides is 1. The zero-order valence-corrected chi connectivity index (χ0v) is 11.5. The molecule has 1 saturated heterocycles. The highest BCUT2D eigenvalue weighted by Gasteiger charge is 2.33. The molecule has 0 radical (unpaired) electrons. The SMILES string of the molecule is Cc1ccc(C(=O)N(C)C2CCS(=O)(=O)C2)s1. The lowest BCUT2D eigenvalue weighted by molar-refractivity contribution is 0.0752. The Morgan fingerprint density at radius 3 is 2.65 bits per heavy atom. The second-order valence-corrected chi connectivity index (χ2v) is 7.90. The number of hydrogen-bond acceptors (Lipinski definition) is 4. The summed E-state index contributed by atoms with van der Waals surface area (Å²) in [6.45, 7) is 1.95. The first-order valence-corrected chi connectivity index (χ1v) is 8.07. The second kappa shape index (κ2) is 4.42. The molecule has 1 aliphatic rings. The smallest absolute Gasteiger partial charge is 0.263 e. The number of nitrogens with zero attached hydrogens (tertiary/aromatic N) is 1. The highest BCUT2D eigenvalue weighted by Crippen LogP contribution is 2.21. The van der Waals surface area contributed by atoms with Gasteiger partial charge < -0.3 is 4.90 Å². The molecule has 0 N–H and O–H groups in total. The summed E-state index contributed by atoms with van der Waals surface area (Å²) in [5, 5.41) is 0. The molecule has 1 amide bonds. The molecule has 1 atom stereocenters. The third-order valence-electron chi connectivity index (χ3n) is 3.03. The molecule has 6 heteroatoms. The first kappa shape index (κ1) is 12.6. The van der Waals surface area contributed by atoms with E-state index in [1.165, 1.54) is 11.3 Å². The molecule has 2 heterocycles. The minimum atomic E-state index is -2.94. The minimum Gasteiger partial charge on any atom is -0.337 e. The minimum absolute atomic E-state index is 0.0785. The Kier molecular flexibility index (Phi) is 3.27.